The molecular weight excluding hydrogens is 490 g/mol. The van der Waals surface area contributed by atoms with E-state index in [9.17, 15) is 14.4 Å². The molecule has 204 valence electrons. The number of methoxy groups -OCH3 is 1. The van der Waals surface area contributed by atoms with Crippen molar-refractivity contribution in [2.24, 2.45) is 28.9 Å². The predicted molar refractivity (Wildman–Crippen MR) is 137 cm³/mol. The molecule has 4 saturated carbocycles. The standard InChI is InChI=1S/C26H35N7O5/c1-25(2,31-24(36)37-3)5-8-33-22(32-7-4-6-28-32)19(14-29-33)21(34)30-20-17-9-16-10-18(20)13-26(11-16,12-17)15-38-23(27)35/h4-8,14,16-18,20H,9-13,15H2,1-3H3,(H2,27,35)(H,30,34)(H,31,36)/b8-5+. The quantitative estimate of drug-likeness (QED) is 0.478. The van der Waals surface area contributed by atoms with Crippen molar-refractivity contribution in [3.8, 4) is 5.82 Å². The number of hydrogen-bond donors (Lipinski definition) is 3. The molecule has 12 heteroatoms. The van der Waals surface area contributed by atoms with Crippen molar-refractivity contribution in [1.82, 2.24) is 30.2 Å². The van der Waals surface area contributed by atoms with Gasteiger partial charge in [0.2, 0.25) is 0 Å². The highest BCUT2D eigenvalue weighted by molar-refractivity contribution is 5.97. The van der Waals surface area contributed by atoms with Crippen LogP contribution in [0.2, 0.25) is 0 Å². The Morgan fingerprint density at radius 2 is 1.95 bits per heavy atom. The number of nitrogens with one attached hydrogen (secondary N) is 2. The van der Waals surface area contributed by atoms with E-state index < -0.39 is 17.7 Å². The maximum Gasteiger partial charge on any atom is 0.407 e. The molecule has 4 aliphatic carbocycles. The monoisotopic (exact) mass is 525 g/mol. The second-order valence-electron chi connectivity index (χ2n) is 11.5. The molecule has 6 rings (SSSR count). The van der Waals surface area contributed by atoms with Gasteiger partial charge < -0.3 is 25.8 Å². The highest BCUT2D eigenvalue weighted by Gasteiger charge is 2.56. The van der Waals surface area contributed by atoms with Crippen LogP contribution in [-0.4, -0.2) is 63.0 Å². The number of alkyl carbamates (subject to hydrolysis) is 1. The van der Waals surface area contributed by atoms with Crippen LogP contribution in [0.4, 0.5) is 9.59 Å². The largest absolute Gasteiger partial charge is 0.453 e. The Labute approximate surface area is 220 Å². The second kappa shape index (κ2) is 9.80. The number of primary amides is 1. The first-order chi connectivity index (χ1) is 18.1. The van der Waals surface area contributed by atoms with E-state index in [0.29, 0.717) is 35.7 Å². The van der Waals surface area contributed by atoms with Crippen LogP contribution in [0.5, 0.6) is 0 Å². The molecule has 2 aromatic rings. The first kappa shape index (κ1) is 25.8. The van der Waals surface area contributed by atoms with E-state index in [2.05, 4.69) is 20.8 Å². The smallest absolute Gasteiger partial charge is 0.407 e. The van der Waals surface area contributed by atoms with Crippen LogP contribution in [0, 0.1) is 23.2 Å². The van der Waals surface area contributed by atoms with E-state index in [0.717, 1.165) is 32.1 Å². The van der Waals surface area contributed by atoms with Gasteiger partial charge in [0.15, 0.2) is 5.82 Å². The van der Waals surface area contributed by atoms with Gasteiger partial charge in [0.25, 0.3) is 5.91 Å². The van der Waals surface area contributed by atoms with E-state index in [-0.39, 0.29) is 17.4 Å². The summed E-state index contributed by atoms with van der Waals surface area (Å²) in [6, 6.07) is 1.82. The van der Waals surface area contributed by atoms with Crippen LogP contribution in [0.15, 0.2) is 30.7 Å². The summed E-state index contributed by atoms with van der Waals surface area (Å²) in [5, 5.41) is 14.8. The fourth-order valence-corrected chi connectivity index (χ4v) is 6.92. The lowest BCUT2D eigenvalue weighted by Crippen LogP contribution is -2.60. The molecule has 4 N–H and O–H groups in total. The summed E-state index contributed by atoms with van der Waals surface area (Å²) in [7, 11) is 1.31. The average Bonchev–Trinajstić information content (AvgIpc) is 3.53. The molecule has 2 aromatic heterocycles. The predicted octanol–water partition coefficient (Wildman–Crippen LogP) is 2.69. The zero-order valence-corrected chi connectivity index (χ0v) is 21.9. The van der Waals surface area contributed by atoms with Crippen LogP contribution in [0.25, 0.3) is 12.0 Å². The van der Waals surface area contributed by atoms with Gasteiger partial charge in [0.05, 0.1) is 25.5 Å². The van der Waals surface area contributed by atoms with Gasteiger partial charge in [0.1, 0.15) is 5.56 Å². The van der Waals surface area contributed by atoms with Crippen LogP contribution in [0.1, 0.15) is 56.3 Å². The van der Waals surface area contributed by atoms with Crippen LogP contribution >= 0.6 is 0 Å². The Bertz CT molecular complexity index is 1220. The van der Waals surface area contributed by atoms with Gasteiger partial charge in [-0.3, -0.25) is 4.79 Å². The number of nitrogens with two attached hydrogens (primary N) is 1. The maximum atomic E-state index is 13.7. The molecule has 4 fully saturated rings. The second-order valence-corrected chi connectivity index (χ2v) is 11.5. The molecule has 2 atom stereocenters. The topological polar surface area (TPSA) is 155 Å². The van der Waals surface area contributed by atoms with Crippen molar-refractivity contribution >= 4 is 24.3 Å². The van der Waals surface area contributed by atoms with Gasteiger partial charge in [0, 0.05) is 30.1 Å². The SMILES string of the molecule is COC(=O)NC(C)(C)/C=C/n1ncc(C(=O)NC2C3CC4CC2CC(COC(N)=O)(C4)C3)c1-n1cccn1. The lowest BCUT2D eigenvalue weighted by molar-refractivity contribution is -0.0977. The van der Waals surface area contributed by atoms with Crippen molar-refractivity contribution < 1.29 is 23.9 Å². The molecule has 0 spiro atoms. The first-order valence-electron chi connectivity index (χ1n) is 12.9. The highest BCUT2D eigenvalue weighted by atomic mass is 16.5. The van der Waals surface area contributed by atoms with E-state index in [4.69, 9.17) is 15.2 Å². The molecule has 0 aliphatic heterocycles. The first-order valence-corrected chi connectivity index (χ1v) is 12.9. The molecule has 12 nitrogen and oxygen atoms in total. The molecule has 4 aliphatic rings. The van der Waals surface area contributed by atoms with Gasteiger partial charge in [-0.1, -0.05) is 0 Å². The number of rotatable bonds is 8. The number of hydrogen-bond acceptors (Lipinski definition) is 7. The van der Waals surface area contributed by atoms with Crippen molar-refractivity contribution in [2.45, 2.75) is 57.5 Å². The lowest BCUT2D eigenvalue weighted by Gasteiger charge is -2.59. The third kappa shape index (κ3) is 5.11. The fourth-order valence-electron chi connectivity index (χ4n) is 6.92. The van der Waals surface area contributed by atoms with Gasteiger partial charge in [-0.25, -0.2) is 19.0 Å². The van der Waals surface area contributed by atoms with E-state index in [1.807, 2.05) is 13.8 Å². The Kier molecular flexibility index (Phi) is 6.66. The summed E-state index contributed by atoms with van der Waals surface area (Å²) < 4.78 is 13.1. The zero-order chi connectivity index (χ0) is 27.1. The Morgan fingerprint density at radius 1 is 1.21 bits per heavy atom. The van der Waals surface area contributed by atoms with Gasteiger partial charge in [-0.15, -0.1) is 0 Å². The number of ether oxygens (including phenoxy) is 2. The zero-order valence-electron chi connectivity index (χ0n) is 21.9. The van der Waals surface area contributed by atoms with Crippen molar-refractivity contribution in [2.75, 3.05) is 13.7 Å². The average molecular weight is 526 g/mol. The summed E-state index contributed by atoms with van der Waals surface area (Å²) in [6.07, 6.45) is 12.1. The molecule has 0 radical (unpaired) electrons. The van der Waals surface area contributed by atoms with Crippen molar-refractivity contribution in [3.05, 3.63) is 36.3 Å². The molecule has 2 unspecified atom stereocenters. The number of carbonyl (C=O) groups is 3. The van der Waals surface area contributed by atoms with E-state index in [1.54, 1.807) is 40.1 Å². The van der Waals surface area contributed by atoms with Gasteiger partial charge >= 0.3 is 12.2 Å². The summed E-state index contributed by atoms with van der Waals surface area (Å²) in [5.41, 5.74) is 4.89. The number of amides is 3. The Balaban J connectivity index is 1.35. The third-order valence-corrected chi connectivity index (χ3v) is 8.20. The molecule has 2 heterocycles. The molecule has 38 heavy (non-hydrogen) atoms. The summed E-state index contributed by atoms with van der Waals surface area (Å²) >= 11 is 0. The van der Waals surface area contributed by atoms with Gasteiger partial charge in [-0.05, 0) is 75.8 Å². The molecule has 0 aromatic carbocycles. The summed E-state index contributed by atoms with van der Waals surface area (Å²) in [5.74, 6) is 1.53. The summed E-state index contributed by atoms with van der Waals surface area (Å²) in [4.78, 5) is 36.6. The van der Waals surface area contributed by atoms with E-state index >= 15 is 0 Å². The van der Waals surface area contributed by atoms with Gasteiger partial charge in [-0.2, -0.15) is 10.2 Å². The minimum Gasteiger partial charge on any atom is -0.453 e. The normalized spacial score (nSPS) is 27.9. The third-order valence-electron chi connectivity index (χ3n) is 8.20. The molecule has 4 bridgehead atoms. The maximum absolute atomic E-state index is 13.7. The fraction of sp³-hybridized carbons (Fsp3) is 0.577. The van der Waals surface area contributed by atoms with Crippen LogP contribution in [-0.2, 0) is 9.47 Å². The van der Waals surface area contributed by atoms with Crippen molar-refractivity contribution in [3.63, 3.8) is 0 Å². The van der Waals surface area contributed by atoms with E-state index in [1.165, 1.54) is 13.3 Å². The Morgan fingerprint density at radius 3 is 2.58 bits per heavy atom. The molecule has 3 amide bonds. The molecule has 0 saturated heterocycles. The Hall–Kier alpha value is -3.83. The number of carbonyl (C=O) groups excluding carboxylic acids is 3. The lowest BCUT2D eigenvalue weighted by atomic mass is 9.48. The number of aromatic nitrogens is 4. The number of nitrogens with zero attached hydrogens (tertiary/aromatic N) is 4. The van der Waals surface area contributed by atoms with Crippen molar-refractivity contribution in [1.29, 1.82) is 0 Å². The highest BCUT2D eigenvalue weighted by Crippen LogP contribution is 2.60. The van der Waals surface area contributed by atoms with Crippen LogP contribution in [0.3, 0.4) is 0 Å². The molecular formula is C26H35N7O5. The minimum atomic E-state index is -0.729. The minimum absolute atomic E-state index is 0.0340. The summed E-state index contributed by atoms with van der Waals surface area (Å²) in [6.45, 7) is 3.99. The van der Waals surface area contributed by atoms with Crippen LogP contribution < -0.4 is 16.4 Å².